The minimum absolute atomic E-state index is 0.0356. The number of anilines is 2. The molecule has 1 amide bonds. The van der Waals surface area contributed by atoms with Crippen LogP contribution in [0.5, 0.6) is 0 Å². The molecule has 1 N–H and O–H groups in total. The lowest BCUT2D eigenvalue weighted by atomic mass is 9.84. The molecule has 6 heteroatoms. The number of hydrogen-bond acceptors (Lipinski definition) is 4. The average Bonchev–Trinajstić information content (AvgIpc) is 2.18. The van der Waals surface area contributed by atoms with Crippen molar-refractivity contribution in [3.8, 4) is 0 Å². The van der Waals surface area contributed by atoms with E-state index in [9.17, 15) is 4.79 Å². The van der Waals surface area contributed by atoms with Crippen molar-refractivity contribution in [2.75, 3.05) is 17.3 Å². The summed E-state index contributed by atoms with van der Waals surface area (Å²) in [6.45, 7) is 7.87. The Morgan fingerprint density at radius 1 is 1.33 bits per heavy atom. The van der Waals surface area contributed by atoms with E-state index < -0.39 is 0 Å². The summed E-state index contributed by atoms with van der Waals surface area (Å²) in [5.74, 6) is 0.638. The number of nitrogens with zero attached hydrogens (tertiary/aromatic N) is 3. The molecular formula is C12H17ClN4O. The lowest BCUT2D eigenvalue weighted by Crippen LogP contribution is -2.53. The zero-order valence-corrected chi connectivity index (χ0v) is 12.0. The van der Waals surface area contributed by atoms with Crippen LogP contribution in [0.3, 0.4) is 0 Å². The first-order chi connectivity index (χ1) is 8.21. The van der Waals surface area contributed by atoms with Gasteiger partial charge in [0.1, 0.15) is 11.7 Å². The van der Waals surface area contributed by atoms with E-state index in [2.05, 4.69) is 15.3 Å². The molecule has 18 heavy (non-hydrogen) atoms. The fraction of sp³-hybridized carbons (Fsp3) is 0.583. The third-order valence-corrected chi connectivity index (χ3v) is 3.25. The standard InChI is InChI=1S/C12H17ClN4O/c1-6-7-9(16-11(13)14-6)17(5)8(10(18)15-7)12(2,3)4/h8H,1-5H3,(H,15,18)/t8-/m1/s1. The highest BCUT2D eigenvalue weighted by Gasteiger charge is 2.40. The van der Waals surface area contributed by atoms with Crippen LogP contribution in [0.1, 0.15) is 26.5 Å². The summed E-state index contributed by atoms with van der Waals surface area (Å²) < 4.78 is 0. The van der Waals surface area contributed by atoms with Gasteiger partial charge in [-0.2, -0.15) is 4.98 Å². The predicted octanol–water partition coefficient (Wildman–Crippen LogP) is 2.24. The van der Waals surface area contributed by atoms with Crippen LogP contribution in [0.4, 0.5) is 11.5 Å². The number of carbonyl (C=O) groups excluding carboxylic acids is 1. The van der Waals surface area contributed by atoms with Crippen LogP contribution in [0.15, 0.2) is 0 Å². The van der Waals surface area contributed by atoms with Crippen LogP contribution >= 0.6 is 11.6 Å². The van der Waals surface area contributed by atoms with Gasteiger partial charge in [0.15, 0.2) is 5.82 Å². The highest BCUT2D eigenvalue weighted by Crippen LogP contribution is 2.37. The molecule has 0 bridgehead atoms. The monoisotopic (exact) mass is 268 g/mol. The van der Waals surface area contributed by atoms with Crippen molar-refractivity contribution in [1.29, 1.82) is 0 Å². The molecule has 2 heterocycles. The Kier molecular flexibility index (Phi) is 2.97. The third kappa shape index (κ3) is 2.03. The van der Waals surface area contributed by atoms with Crippen LogP contribution in [0.25, 0.3) is 0 Å². The van der Waals surface area contributed by atoms with Crippen molar-refractivity contribution in [2.24, 2.45) is 5.41 Å². The SMILES string of the molecule is Cc1nc(Cl)nc2c1NC(=O)[C@H](C(C)(C)C)N2C. The highest BCUT2D eigenvalue weighted by atomic mass is 35.5. The van der Waals surface area contributed by atoms with Crippen molar-refractivity contribution in [2.45, 2.75) is 33.7 Å². The Morgan fingerprint density at radius 2 is 1.94 bits per heavy atom. The molecule has 5 nitrogen and oxygen atoms in total. The number of likely N-dealkylation sites (N-methyl/N-ethyl adjacent to an activating group) is 1. The molecule has 0 aliphatic carbocycles. The largest absolute Gasteiger partial charge is 0.345 e. The number of nitrogens with one attached hydrogen (secondary N) is 1. The van der Waals surface area contributed by atoms with Crippen molar-refractivity contribution >= 4 is 29.0 Å². The van der Waals surface area contributed by atoms with Crippen molar-refractivity contribution in [1.82, 2.24) is 9.97 Å². The van der Waals surface area contributed by atoms with Gasteiger partial charge < -0.3 is 10.2 Å². The Balaban J connectivity index is 2.56. The van der Waals surface area contributed by atoms with Crippen LogP contribution in [0.2, 0.25) is 5.28 Å². The molecule has 1 aromatic rings. The Bertz CT molecular complexity index is 510. The number of hydrogen-bond donors (Lipinski definition) is 1. The zero-order valence-electron chi connectivity index (χ0n) is 11.2. The molecule has 0 saturated carbocycles. The normalized spacial score (nSPS) is 19.6. The Labute approximate surface area is 112 Å². The average molecular weight is 269 g/mol. The second-order valence-corrected chi connectivity index (χ2v) is 5.98. The topological polar surface area (TPSA) is 58.1 Å². The quantitative estimate of drug-likeness (QED) is 0.733. The van der Waals surface area contributed by atoms with Crippen LogP contribution < -0.4 is 10.2 Å². The first kappa shape index (κ1) is 13.1. The van der Waals surface area contributed by atoms with Crippen LogP contribution in [-0.2, 0) is 4.79 Å². The first-order valence-electron chi connectivity index (χ1n) is 5.79. The van der Waals surface area contributed by atoms with Gasteiger partial charge in [-0.1, -0.05) is 20.8 Å². The minimum atomic E-state index is -0.282. The minimum Gasteiger partial charge on any atom is -0.345 e. The van der Waals surface area contributed by atoms with E-state index in [1.165, 1.54) is 0 Å². The smallest absolute Gasteiger partial charge is 0.247 e. The molecule has 0 fully saturated rings. The number of aryl methyl sites for hydroxylation is 1. The van der Waals surface area contributed by atoms with Gasteiger partial charge in [-0.15, -0.1) is 0 Å². The Hall–Kier alpha value is -1.36. The number of carbonyl (C=O) groups is 1. The Morgan fingerprint density at radius 3 is 2.50 bits per heavy atom. The fourth-order valence-electron chi connectivity index (χ4n) is 2.39. The summed E-state index contributed by atoms with van der Waals surface area (Å²) in [6.07, 6.45) is 0. The molecule has 0 saturated heterocycles. The van der Waals surface area contributed by atoms with Crippen LogP contribution in [0, 0.1) is 12.3 Å². The second kappa shape index (κ2) is 4.09. The number of halogens is 1. The van der Waals surface area contributed by atoms with E-state index in [1.54, 1.807) is 6.92 Å². The van der Waals surface area contributed by atoms with E-state index in [1.807, 2.05) is 32.7 Å². The van der Waals surface area contributed by atoms with E-state index >= 15 is 0 Å². The fourth-order valence-corrected chi connectivity index (χ4v) is 2.60. The summed E-state index contributed by atoms with van der Waals surface area (Å²) in [5, 5.41) is 3.07. The number of aromatic nitrogens is 2. The third-order valence-electron chi connectivity index (χ3n) is 3.08. The predicted molar refractivity (Wildman–Crippen MR) is 72.1 cm³/mol. The molecule has 1 aliphatic heterocycles. The molecule has 0 spiro atoms. The molecule has 0 unspecified atom stereocenters. The van der Waals surface area contributed by atoms with Gasteiger partial charge in [0, 0.05) is 7.05 Å². The van der Waals surface area contributed by atoms with Crippen molar-refractivity contribution in [3.05, 3.63) is 11.0 Å². The summed E-state index contributed by atoms with van der Waals surface area (Å²) in [6, 6.07) is -0.282. The van der Waals surface area contributed by atoms with Gasteiger partial charge in [-0.25, -0.2) is 4.98 Å². The van der Waals surface area contributed by atoms with Gasteiger partial charge in [-0.05, 0) is 23.9 Å². The maximum atomic E-state index is 12.2. The lowest BCUT2D eigenvalue weighted by Gasteiger charge is -2.41. The number of amides is 1. The van der Waals surface area contributed by atoms with E-state index in [0.29, 0.717) is 17.2 Å². The van der Waals surface area contributed by atoms with Crippen molar-refractivity contribution in [3.63, 3.8) is 0 Å². The van der Waals surface area contributed by atoms with Gasteiger partial charge in [0.2, 0.25) is 11.2 Å². The number of rotatable bonds is 0. The maximum absolute atomic E-state index is 12.2. The zero-order chi connectivity index (χ0) is 13.7. The van der Waals surface area contributed by atoms with Gasteiger partial charge in [0.25, 0.3) is 0 Å². The highest BCUT2D eigenvalue weighted by molar-refractivity contribution is 6.28. The molecule has 1 atom stereocenters. The molecule has 1 aromatic heterocycles. The summed E-state index contributed by atoms with van der Waals surface area (Å²) in [7, 11) is 1.86. The molecule has 0 radical (unpaired) electrons. The van der Waals surface area contributed by atoms with E-state index in [4.69, 9.17) is 11.6 Å². The molecule has 0 aromatic carbocycles. The summed E-state index contributed by atoms with van der Waals surface area (Å²) in [5.41, 5.74) is 1.13. The van der Waals surface area contributed by atoms with Crippen LogP contribution in [-0.4, -0.2) is 29.0 Å². The summed E-state index contributed by atoms with van der Waals surface area (Å²) >= 11 is 5.88. The van der Waals surface area contributed by atoms with Gasteiger partial charge in [0.05, 0.1) is 5.69 Å². The lowest BCUT2D eigenvalue weighted by molar-refractivity contribution is -0.119. The molecule has 2 rings (SSSR count). The van der Waals surface area contributed by atoms with E-state index in [0.717, 1.165) is 0 Å². The molecule has 1 aliphatic rings. The maximum Gasteiger partial charge on any atom is 0.247 e. The molecule has 98 valence electrons. The van der Waals surface area contributed by atoms with Gasteiger partial charge in [-0.3, -0.25) is 4.79 Å². The van der Waals surface area contributed by atoms with Crippen molar-refractivity contribution < 1.29 is 4.79 Å². The number of fused-ring (bicyclic) bond motifs is 1. The first-order valence-corrected chi connectivity index (χ1v) is 6.17. The van der Waals surface area contributed by atoms with Gasteiger partial charge >= 0.3 is 0 Å². The second-order valence-electron chi connectivity index (χ2n) is 5.65. The molecular weight excluding hydrogens is 252 g/mol. The van der Waals surface area contributed by atoms with E-state index in [-0.39, 0.29) is 22.6 Å². The summed E-state index contributed by atoms with van der Waals surface area (Å²) in [4.78, 5) is 22.4.